The zero-order valence-corrected chi connectivity index (χ0v) is 15.3. The van der Waals surface area contributed by atoms with Crippen LogP contribution in [0.5, 0.6) is 0 Å². The Kier molecular flexibility index (Phi) is 5.09. The molecule has 116 valence electrons. The fourth-order valence-electron chi connectivity index (χ4n) is 2.17. The SMILES string of the molecule is Cc1cc(Br)c(S(=O)(=O)N2CCNCC2C(N)=O)cc1Br. The third kappa shape index (κ3) is 3.31. The Hall–Kier alpha value is -0.480. The van der Waals surface area contributed by atoms with Gasteiger partial charge in [-0.15, -0.1) is 0 Å². The number of rotatable bonds is 3. The first kappa shape index (κ1) is 16.9. The number of nitrogens with two attached hydrogens (primary N) is 1. The molecule has 0 spiro atoms. The fourth-order valence-corrected chi connectivity index (χ4v) is 5.40. The van der Waals surface area contributed by atoms with Gasteiger partial charge in [-0.3, -0.25) is 4.79 Å². The minimum atomic E-state index is -3.81. The number of piperazine rings is 1. The van der Waals surface area contributed by atoms with E-state index in [1.165, 1.54) is 6.07 Å². The van der Waals surface area contributed by atoms with Crippen molar-refractivity contribution >= 4 is 47.8 Å². The van der Waals surface area contributed by atoms with Gasteiger partial charge in [0.25, 0.3) is 0 Å². The molecule has 0 aliphatic carbocycles. The van der Waals surface area contributed by atoms with Gasteiger partial charge in [0.1, 0.15) is 6.04 Å². The van der Waals surface area contributed by atoms with E-state index in [-0.39, 0.29) is 18.0 Å². The van der Waals surface area contributed by atoms with Crippen molar-refractivity contribution in [3.63, 3.8) is 0 Å². The van der Waals surface area contributed by atoms with E-state index in [1.54, 1.807) is 6.07 Å². The molecular formula is C12H15Br2N3O3S. The van der Waals surface area contributed by atoms with Crippen molar-refractivity contribution in [2.75, 3.05) is 19.6 Å². The summed E-state index contributed by atoms with van der Waals surface area (Å²) in [5.74, 6) is -0.659. The van der Waals surface area contributed by atoms with Crippen LogP contribution >= 0.6 is 31.9 Å². The molecule has 1 aromatic rings. The van der Waals surface area contributed by atoms with Gasteiger partial charge in [-0.1, -0.05) is 15.9 Å². The van der Waals surface area contributed by atoms with Crippen molar-refractivity contribution < 1.29 is 13.2 Å². The van der Waals surface area contributed by atoms with Crippen LogP contribution in [-0.2, 0) is 14.8 Å². The number of nitrogens with zero attached hydrogens (tertiary/aromatic N) is 1. The van der Waals surface area contributed by atoms with E-state index in [9.17, 15) is 13.2 Å². The summed E-state index contributed by atoms with van der Waals surface area (Å²) < 4.78 is 28.0. The molecule has 1 atom stereocenters. The molecule has 0 bridgehead atoms. The molecule has 6 nitrogen and oxygen atoms in total. The lowest BCUT2D eigenvalue weighted by molar-refractivity contribution is -0.122. The summed E-state index contributed by atoms with van der Waals surface area (Å²) in [6, 6.07) is 2.38. The maximum atomic E-state index is 12.8. The summed E-state index contributed by atoms with van der Waals surface area (Å²) in [4.78, 5) is 11.6. The first-order valence-corrected chi connectivity index (χ1v) is 9.25. The number of hydrogen-bond donors (Lipinski definition) is 2. The van der Waals surface area contributed by atoms with Gasteiger partial charge in [-0.05, 0) is 40.5 Å². The molecule has 2 rings (SSSR count). The molecule has 1 aliphatic heterocycles. The van der Waals surface area contributed by atoms with Crippen LogP contribution in [0.3, 0.4) is 0 Å². The van der Waals surface area contributed by atoms with Crippen LogP contribution in [0.25, 0.3) is 0 Å². The van der Waals surface area contributed by atoms with Crippen LogP contribution in [0.4, 0.5) is 0 Å². The molecule has 21 heavy (non-hydrogen) atoms. The van der Waals surface area contributed by atoms with Crippen molar-refractivity contribution in [2.24, 2.45) is 5.73 Å². The van der Waals surface area contributed by atoms with Crippen molar-refractivity contribution in [1.29, 1.82) is 0 Å². The monoisotopic (exact) mass is 439 g/mol. The Bertz CT molecular complexity index is 679. The minimum Gasteiger partial charge on any atom is -0.368 e. The third-order valence-corrected chi connectivity index (χ3v) is 7.04. The van der Waals surface area contributed by atoms with Crippen LogP contribution in [0, 0.1) is 6.92 Å². The number of sulfonamides is 1. The van der Waals surface area contributed by atoms with Gasteiger partial charge in [-0.25, -0.2) is 8.42 Å². The van der Waals surface area contributed by atoms with E-state index in [4.69, 9.17) is 5.73 Å². The average Bonchev–Trinajstić information content (AvgIpc) is 2.42. The number of benzene rings is 1. The Morgan fingerprint density at radius 1 is 1.38 bits per heavy atom. The summed E-state index contributed by atoms with van der Waals surface area (Å²) in [6.07, 6.45) is 0. The second-order valence-electron chi connectivity index (χ2n) is 4.77. The van der Waals surface area contributed by atoms with Gasteiger partial charge in [0, 0.05) is 28.6 Å². The fraction of sp³-hybridized carbons (Fsp3) is 0.417. The highest BCUT2D eigenvalue weighted by Gasteiger charge is 2.37. The van der Waals surface area contributed by atoms with E-state index in [0.717, 1.165) is 9.87 Å². The lowest BCUT2D eigenvalue weighted by atomic mass is 10.2. The molecule has 0 radical (unpaired) electrons. The molecule has 0 aromatic heterocycles. The van der Waals surface area contributed by atoms with Gasteiger partial charge in [0.15, 0.2) is 0 Å². The maximum absolute atomic E-state index is 12.8. The Morgan fingerprint density at radius 2 is 2.05 bits per heavy atom. The number of amides is 1. The highest BCUT2D eigenvalue weighted by atomic mass is 79.9. The Morgan fingerprint density at radius 3 is 2.67 bits per heavy atom. The zero-order chi connectivity index (χ0) is 15.8. The second-order valence-corrected chi connectivity index (χ2v) is 8.34. The van der Waals surface area contributed by atoms with Crippen molar-refractivity contribution in [3.05, 3.63) is 26.6 Å². The molecule has 1 saturated heterocycles. The van der Waals surface area contributed by atoms with Gasteiger partial charge in [-0.2, -0.15) is 4.31 Å². The highest BCUT2D eigenvalue weighted by molar-refractivity contribution is 9.11. The molecule has 1 aliphatic rings. The smallest absolute Gasteiger partial charge is 0.245 e. The predicted octanol–water partition coefficient (Wildman–Crippen LogP) is 0.968. The van der Waals surface area contributed by atoms with Gasteiger partial charge in [0.2, 0.25) is 15.9 Å². The summed E-state index contributed by atoms with van der Waals surface area (Å²) >= 11 is 6.62. The van der Waals surface area contributed by atoms with E-state index in [2.05, 4.69) is 37.2 Å². The molecule has 1 amide bonds. The van der Waals surface area contributed by atoms with Crippen LogP contribution in [0.15, 0.2) is 26.0 Å². The zero-order valence-electron chi connectivity index (χ0n) is 11.3. The van der Waals surface area contributed by atoms with Gasteiger partial charge >= 0.3 is 0 Å². The maximum Gasteiger partial charge on any atom is 0.245 e. The lowest BCUT2D eigenvalue weighted by Gasteiger charge is -2.33. The predicted molar refractivity (Wildman–Crippen MR) is 86.3 cm³/mol. The molecule has 1 fully saturated rings. The van der Waals surface area contributed by atoms with Crippen LogP contribution in [0.2, 0.25) is 0 Å². The molecular weight excluding hydrogens is 426 g/mol. The normalized spacial score (nSPS) is 20.4. The standard InChI is InChI=1S/C12H15Br2N3O3S/c1-7-4-9(14)11(5-8(7)13)21(19,20)17-3-2-16-6-10(17)12(15)18/h4-5,10,16H,2-3,6H2,1H3,(H2,15,18). The van der Waals surface area contributed by atoms with E-state index >= 15 is 0 Å². The quantitative estimate of drug-likeness (QED) is 0.732. The van der Waals surface area contributed by atoms with Crippen LogP contribution in [0.1, 0.15) is 5.56 Å². The summed E-state index contributed by atoms with van der Waals surface area (Å²) in [5.41, 5.74) is 6.23. The first-order valence-electron chi connectivity index (χ1n) is 6.22. The van der Waals surface area contributed by atoms with Crippen LogP contribution in [-0.4, -0.2) is 44.3 Å². The topological polar surface area (TPSA) is 92.5 Å². The Balaban J connectivity index is 2.50. The minimum absolute atomic E-state index is 0.119. The molecule has 0 saturated carbocycles. The van der Waals surface area contributed by atoms with E-state index in [0.29, 0.717) is 15.5 Å². The Labute approximate surface area is 140 Å². The summed E-state index contributed by atoms with van der Waals surface area (Å²) in [6.45, 7) is 2.77. The van der Waals surface area contributed by atoms with E-state index < -0.39 is 22.0 Å². The van der Waals surface area contributed by atoms with Gasteiger partial charge < -0.3 is 11.1 Å². The third-order valence-electron chi connectivity index (χ3n) is 3.32. The van der Waals surface area contributed by atoms with Crippen molar-refractivity contribution in [3.8, 4) is 0 Å². The largest absolute Gasteiger partial charge is 0.368 e. The van der Waals surface area contributed by atoms with Gasteiger partial charge in [0.05, 0.1) is 4.90 Å². The number of aryl methyl sites for hydroxylation is 1. The van der Waals surface area contributed by atoms with Crippen molar-refractivity contribution in [2.45, 2.75) is 17.9 Å². The summed E-state index contributed by atoms with van der Waals surface area (Å²) in [7, 11) is -3.81. The average molecular weight is 441 g/mol. The molecule has 3 N–H and O–H groups in total. The number of nitrogens with one attached hydrogen (secondary N) is 1. The molecule has 9 heteroatoms. The highest BCUT2D eigenvalue weighted by Crippen LogP contribution is 2.31. The number of primary amides is 1. The van der Waals surface area contributed by atoms with Crippen LogP contribution < -0.4 is 11.1 Å². The lowest BCUT2D eigenvalue weighted by Crippen LogP contribution is -2.58. The molecule has 1 aromatic carbocycles. The second kappa shape index (κ2) is 6.33. The summed E-state index contributed by atoms with van der Waals surface area (Å²) in [5, 5.41) is 2.98. The molecule has 1 unspecified atom stereocenters. The van der Waals surface area contributed by atoms with E-state index in [1.807, 2.05) is 6.92 Å². The first-order chi connectivity index (χ1) is 9.75. The molecule has 1 heterocycles. The van der Waals surface area contributed by atoms with Crippen molar-refractivity contribution in [1.82, 2.24) is 9.62 Å². The number of carbonyl (C=O) groups excluding carboxylic acids is 1. The number of hydrogen-bond acceptors (Lipinski definition) is 4. The number of carbonyl (C=O) groups is 1. The number of halogens is 2.